The van der Waals surface area contributed by atoms with Crippen LogP contribution in [0.25, 0.3) is 0 Å². The second-order valence-electron chi connectivity index (χ2n) is 5.42. The first-order chi connectivity index (χ1) is 13.1. The van der Waals surface area contributed by atoms with Gasteiger partial charge in [-0.15, -0.1) is 0 Å². The van der Waals surface area contributed by atoms with E-state index < -0.39 is 11.8 Å². The number of carbonyl (C=O) groups excluding carboxylic acids is 3. The maximum Gasteiger partial charge on any atom is 0.258 e. The first kappa shape index (κ1) is 19.8. The topological polar surface area (TPSA) is 106 Å². The Morgan fingerprint density at radius 2 is 1.48 bits per heavy atom. The summed E-state index contributed by atoms with van der Waals surface area (Å²) in [5, 5.41) is 7.56. The number of anilines is 1. The minimum atomic E-state index is -0.406. The zero-order valence-corrected chi connectivity index (χ0v) is 14.9. The Morgan fingerprint density at radius 3 is 2.22 bits per heavy atom. The summed E-state index contributed by atoms with van der Waals surface area (Å²) in [7, 11) is 1.52. The summed E-state index contributed by atoms with van der Waals surface area (Å²) < 4.78 is 10.6. The summed E-state index contributed by atoms with van der Waals surface area (Å²) in [6, 6.07) is 15.5. The molecule has 27 heavy (non-hydrogen) atoms. The van der Waals surface area contributed by atoms with Crippen molar-refractivity contribution in [3.8, 4) is 11.5 Å². The number of carbonyl (C=O) groups is 3. The number of amides is 3. The highest BCUT2D eigenvalue weighted by Gasteiger charge is 2.08. The maximum absolute atomic E-state index is 11.9. The molecule has 0 unspecified atom stereocenters. The SMILES string of the molecule is CNC(=O)COc1cccc(NC(=O)CNC(=O)COc2ccccc2)c1. The van der Waals surface area contributed by atoms with E-state index in [2.05, 4.69) is 16.0 Å². The van der Waals surface area contributed by atoms with Crippen LogP contribution in [-0.4, -0.2) is 44.5 Å². The Labute approximate surface area is 156 Å². The lowest BCUT2D eigenvalue weighted by Crippen LogP contribution is -2.35. The van der Waals surface area contributed by atoms with E-state index in [0.29, 0.717) is 17.2 Å². The lowest BCUT2D eigenvalue weighted by Gasteiger charge is -2.10. The van der Waals surface area contributed by atoms with Gasteiger partial charge in [0.1, 0.15) is 11.5 Å². The molecule has 0 radical (unpaired) electrons. The molecule has 0 bridgehead atoms. The summed E-state index contributed by atoms with van der Waals surface area (Å²) in [4.78, 5) is 34.9. The molecule has 3 N–H and O–H groups in total. The number of likely N-dealkylation sites (N-methyl/N-ethyl adjacent to an activating group) is 1. The van der Waals surface area contributed by atoms with Crippen LogP contribution in [0.5, 0.6) is 11.5 Å². The second kappa shape index (κ2) is 10.4. The molecule has 0 aliphatic carbocycles. The van der Waals surface area contributed by atoms with E-state index in [9.17, 15) is 14.4 Å². The summed E-state index contributed by atoms with van der Waals surface area (Å²) in [6.45, 7) is -0.494. The molecular weight excluding hydrogens is 350 g/mol. The monoisotopic (exact) mass is 371 g/mol. The summed E-state index contributed by atoms with van der Waals surface area (Å²) in [5.41, 5.74) is 0.490. The molecule has 0 fully saturated rings. The highest BCUT2D eigenvalue weighted by molar-refractivity contribution is 5.94. The molecule has 2 rings (SSSR count). The van der Waals surface area contributed by atoms with Gasteiger partial charge in [-0.3, -0.25) is 14.4 Å². The van der Waals surface area contributed by atoms with Crippen molar-refractivity contribution in [1.82, 2.24) is 10.6 Å². The molecule has 0 saturated carbocycles. The molecule has 2 aromatic carbocycles. The molecule has 0 aliphatic rings. The van der Waals surface area contributed by atoms with Crippen molar-refractivity contribution in [2.75, 3.05) is 32.1 Å². The van der Waals surface area contributed by atoms with Gasteiger partial charge in [0.15, 0.2) is 13.2 Å². The van der Waals surface area contributed by atoms with Crippen LogP contribution >= 0.6 is 0 Å². The van der Waals surface area contributed by atoms with Crippen molar-refractivity contribution in [2.45, 2.75) is 0 Å². The molecule has 0 aliphatic heterocycles. The average Bonchev–Trinajstić information content (AvgIpc) is 2.70. The average molecular weight is 371 g/mol. The molecular formula is C19H21N3O5. The third-order valence-corrected chi connectivity index (χ3v) is 3.33. The Balaban J connectivity index is 1.73. The number of ether oxygens (including phenoxy) is 2. The standard InChI is InChI=1S/C19H21N3O5/c1-20-18(24)12-27-16-9-5-6-14(10-16)22-17(23)11-21-19(25)13-26-15-7-3-2-4-8-15/h2-10H,11-13H2,1H3,(H,20,24)(H,21,25)(H,22,23). The van der Waals surface area contributed by atoms with E-state index >= 15 is 0 Å². The minimum absolute atomic E-state index is 0.120. The maximum atomic E-state index is 11.9. The third kappa shape index (κ3) is 7.47. The molecule has 3 amide bonds. The third-order valence-electron chi connectivity index (χ3n) is 3.33. The lowest BCUT2D eigenvalue weighted by atomic mass is 10.3. The molecule has 0 atom stereocenters. The van der Waals surface area contributed by atoms with Crippen molar-refractivity contribution in [3.63, 3.8) is 0 Å². The number of nitrogens with one attached hydrogen (secondary N) is 3. The van der Waals surface area contributed by atoms with Crippen molar-refractivity contribution in [1.29, 1.82) is 0 Å². The number of para-hydroxylation sites is 1. The fraction of sp³-hybridized carbons (Fsp3) is 0.211. The number of hydrogen-bond donors (Lipinski definition) is 3. The smallest absolute Gasteiger partial charge is 0.258 e. The number of rotatable bonds is 9. The van der Waals surface area contributed by atoms with Crippen LogP contribution in [0.15, 0.2) is 54.6 Å². The zero-order valence-electron chi connectivity index (χ0n) is 14.9. The highest BCUT2D eigenvalue weighted by atomic mass is 16.5. The van der Waals surface area contributed by atoms with Gasteiger partial charge in [0.25, 0.3) is 11.8 Å². The van der Waals surface area contributed by atoms with Gasteiger partial charge in [0.2, 0.25) is 5.91 Å². The lowest BCUT2D eigenvalue weighted by molar-refractivity contribution is -0.125. The van der Waals surface area contributed by atoms with Crippen molar-refractivity contribution in [2.24, 2.45) is 0 Å². The quantitative estimate of drug-likeness (QED) is 0.608. The zero-order chi connectivity index (χ0) is 19.5. The van der Waals surface area contributed by atoms with Gasteiger partial charge in [-0.1, -0.05) is 24.3 Å². The first-order valence-corrected chi connectivity index (χ1v) is 8.24. The van der Waals surface area contributed by atoms with Gasteiger partial charge < -0.3 is 25.4 Å². The molecule has 2 aromatic rings. The molecule has 0 saturated heterocycles. The minimum Gasteiger partial charge on any atom is -0.484 e. The van der Waals surface area contributed by atoms with Crippen molar-refractivity contribution in [3.05, 3.63) is 54.6 Å². The molecule has 8 heteroatoms. The van der Waals surface area contributed by atoms with Gasteiger partial charge in [0.05, 0.1) is 6.54 Å². The summed E-state index contributed by atoms with van der Waals surface area (Å²) in [5.74, 6) is -0.0459. The second-order valence-corrected chi connectivity index (χ2v) is 5.42. The van der Waals surface area contributed by atoms with Crippen LogP contribution in [0.4, 0.5) is 5.69 Å². The number of hydrogen-bond acceptors (Lipinski definition) is 5. The summed E-state index contributed by atoms with van der Waals surface area (Å²) in [6.07, 6.45) is 0. The van der Waals surface area contributed by atoms with Gasteiger partial charge in [-0.2, -0.15) is 0 Å². The fourth-order valence-corrected chi connectivity index (χ4v) is 1.99. The van der Waals surface area contributed by atoms with Gasteiger partial charge >= 0.3 is 0 Å². The van der Waals surface area contributed by atoms with E-state index in [0.717, 1.165) is 0 Å². The van der Waals surface area contributed by atoms with Crippen LogP contribution in [-0.2, 0) is 14.4 Å². The van der Waals surface area contributed by atoms with E-state index in [1.807, 2.05) is 6.07 Å². The largest absolute Gasteiger partial charge is 0.484 e. The van der Waals surface area contributed by atoms with E-state index in [-0.39, 0.29) is 25.7 Å². The predicted octanol–water partition coefficient (Wildman–Crippen LogP) is 0.945. The van der Waals surface area contributed by atoms with Gasteiger partial charge in [-0.25, -0.2) is 0 Å². The van der Waals surface area contributed by atoms with Crippen LogP contribution < -0.4 is 25.4 Å². The van der Waals surface area contributed by atoms with Crippen molar-refractivity contribution >= 4 is 23.4 Å². The normalized spacial score (nSPS) is 9.81. The van der Waals surface area contributed by atoms with Crippen LogP contribution in [0.1, 0.15) is 0 Å². The van der Waals surface area contributed by atoms with Crippen molar-refractivity contribution < 1.29 is 23.9 Å². The van der Waals surface area contributed by atoms with E-state index in [4.69, 9.17) is 9.47 Å². The Morgan fingerprint density at radius 1 is 0.815 bits per heavy atom. The van der Waals surface area contributed by atoms with Crippen LogP contribution in [0, 0.1) is 0 Å². The van der Waals surface area contributed by atoms with E-state index in [1.165, 1.54) is 7.05 Å². The van der Waals surface area contributed by atoms with Crippen LogP contribution in [0.2, 0.25) is 0 Å². The van der Waals surface area contributed by atoms with Crippen LogP contribution in [0.3, 0.4) is 0 Å². The molecule has 0 spiro atoms. The predicted molar refractivity (Wildman–Crippen MR) is 99.6 cm³/mol. The Hall–Kier alpha value is -3.55. The summed E-state index contributed by atoms with van der Waals surface area (Å²) >= 11 is 0. The van der Waals surface area contributed by atoms with Gasteiger partial charge in [-0.05, 0) is 24.3 Å². The number of benzene rings is 2. The highest BCUT2D eigenvalue weighted by Crippen LogP contribution is 2.17. The van der Waals surface area contributed by atoms with Gasteiger partial charge in [0, 0.05) is 18.8 Å². The Bertz CT molecular complexity index is 780. The molecule has 0 aromatic heterocycles. The molecule has 0 heterocycles. The first-order valence-electron chi connectivity index (χ1n) is 8.24. The molecule has 8 nitrogen and oxygen atoms in total. The Kier molecular flexibility index (Phi) is 7.65. The van der Waals surface area contributed by atoms with E-state index in [1.54, 1.807) is 48.5 Å². The fourth-order valence-electron chi connectivity index (χ4n) is 1.99. The molecule has 142 valence electrons.